The number of hydrogen-bond donors (Lipinski definition) is 0. The number of benzene rings is 1. The number of fused-ring (bicyclic) bond motifs is 1. The first-order valence-electron chi connectivity index (χ1n) is 19.6. The summed E-state index contributed by atoms with van der Waals surface area (Å²) in [6, 6.07) is 6.76. The van der Waals surface area contributed by atoms with E-state index in [0.29, 0.717) is 18.3 Å². The van der Waals surface area contributed by atoms with Gasteiger partial charge in [-0.1, -0.05) is 149 Å². The topological polar surface area (TPSA) is 46.6 Å². The van der Waals surface area contributed by atoms with E-state index in [-0.39, 0.29) is 5.91 Å². The van der Waals surface area contributed by atoms with Gasteiger partial charge < -0.3 is 14.4 Å². The number of hydrogen-bond acceptors (Lipinski definition) is 3. The zero-order chi connectivity index (χ0) is 37.5. The summed E-state index contributed by atoms with van der Waals surface area (Å²) in [5.74, 6) is 2.52. The maximum absolute atomic E-state index is 12.6. The SMILES string of the molecule is C=C/C=C\C(=C/C)CC.CC.CC.CCC(CC(C)CCN1CC2=C(C=CCC2)C1=O)c1ccc2c(c1)CCO2.CCC=O.CCCCC. The Balaban J connectivity index is 0. The fourth-order valence-corrected chi connectivity index (χ4v) is 5.69. The van der Waals surface area contributed by atoms with Gasteiger partial charge >= 0.3 is 0 Å². The fraction of sp³-hybridized carbons (Fsp3) is 0.600. The molecule has 0 spiro atoms. The first-order valence-corrected chi connectivity index (χ1v) is 19.6. The minimum atomic E-state index is 0.249. The molecule has 2 aliphatic heterocycles. The Labute approximate surface area is 303 Å². The van der Waals surface area contributed by atoms with Crippen molar-refractivity contribution in [3.8, 4) is 5.75 Å². The van der Waals surface area contributed by atoms with Crippen LogP contribution in [0.2, 0.25) is 0 Å². The Morgan fingerprint density at radius 2 is 1.71 bits per heavy atom. The number of amides is 1. The lowest BCUT2D eigenvalue weighted by molar-refractivity contribution is -0.125. The Bertz CT molecular complexity index is 1140. The molecule has 4 nitrogen and oxygen atoms in total. The summed E-state index contributed by atoms with van der Waals surface area (Å²) < 4.78 is 5.65. The van der Waals surface area contributed by atoms with E-state index in [1.165, 1.54) is 48.0 Å². The van der Waals surface area contributed by atoms with Crippen molar-refractivity contribution >= 4 is 12.2 Å². The van der Waals surface area contributed by atoms with Crippen molar-refractivity contribution in [3.63, 3.8) is 0 Å². The van der Waals surface area contributed by atoms with Crippen LogP contribution in [0.15, 0.2) is 78.0 Å². The van der Waals surface area contributed by atoms with E-state index in [9.17, 15) is 9.59 Å². The summed E-state index contributed by atoms with van der Waals surface area (Å²) in [6.07, 6.45) is 25.4. The number of allylic oxidation sites excluding steroid dienone is 6. The molecule has 49 heavy (non-hydrogen) atoms. The summed E-state index contributed by atoms with van der Waals surface area (Å²) in [4.78, 5) is 23.8. The minimum absolute atomic E-state index is 0.249. The van der Waals surface area contributed by atoms with Gasteiger partial charge in [-0.15, -0.1) is 0 Å². The third-order valence-corrected chi connectivity index (χ3v) is 8.53. The zero-order valence-electron chi connectivity index (χ0n) is 33.7. The van der Waals surface area contributed by atoms with Gasteiger partial charge in [0.25, 0.3) is 5.91 Å². The fourth-order valence-electron chi connectivity index (χ4n) is 5.69. The average Bonchev–Trinajstić information content (AvgIpc) is 3.76. The summed E-state index contributed by atoms with van der Waals surface area (Å²) in [5, 5.41) is 0. The smallest absolute Gasteiger partial charge is 0.254 e. The standard InChI is InChI=1S/C24H31NO2.C9H14.C5H12.C3H6O.2C2H6/c1-3-18(19-8-9-23-20(15-19)11-13-27-23)14-17(2)10-12-25-16-21-6-4-5-7-22(21)24(25)26;1-4-7-8-9(5-2)6-3;1-3-5-4-2;1-2-3-4;2*1-2/h5,7-9,15,17-18H,3-4,6,10-14,16H2,1-2H3;4-5,7-8H,1,6H2,2-3H3;3-5H2,1-2H3;3H,2H2,1H3;2*1-2H3/b;8-7-,9-5-;;;;. The highest BCUT2D eigenvalue weighted by Gasteiger charge is 2.29. The van der Waals surface area contributed by atoms with Crippen molar-refractivity contribution in [2.45, 2.75) is 153 Å². The lowest BCUT2D eigenvalue weighted by atomic mass is 9.85. The lowest BCUT2D eigenvalue weighted by Crippen LogP contribution is -2.29. The molecule has 0 aromatic heterocycles. The van der Waals surface area contributed by atoms with Crippen molar-refractivity contribution < 1.29 is 14.3 Å². The van der Waals surface area contributed by atoms with Gasteiger partial charge in [0.1, 0.15) is 12.0 Å². The molecule has 2 unspecified atom stereocenters. The van der Waals surface area contributed by atoms with Gasteiger partial charge in [-0.2, -0.15) is 0 Å². The molecule has 2 heterocycles. The highest BCUT2D eigenvalue weighted by atomic mass is 16.5. The van der Waals surface area contributed by atoms with Crippen LogP contribution in [-0.4, -0.2) is 36.8 Å². The van der Waals surface area contributed by atoms with E-state index >= 15 is 0 Å². The molecule has 1 aromatic rings. The van der Waals surface area contributed by atoms with Crippen LogP contribution in [0, 0.1) is 5.92 Å². The quantitative estimate of drug-likeness (QED) is 0.154. The molecular weight excluding hydrogens is 602 g/mol. The second kappa shape index (κ2) is 32.1. The van der Waals surface area contributed by atoms with Crippen molar-refractivity contribution in [2.75, 3.05) is 19.7 Å². The van der Waals surface area contributed by atoms with E-state index in [1.807, 2.05) is 53.7 Å². The number of unbranched alkanes of at least 4 members (excludes halogenated alkanes) is 2. The monoisotopic (exact) mass is 678 g/mol. The largest absolute Gasteiger partial charge is 0.493 e. The van der Waals surface area contributed by atoms with Crippen molar-refractivity contribution in [1.29, 1.82) is 0 Å². The van der Waals surface area contributed by atoms with Crippen LogP contribution in [0.25, 0.3) is 0 Å². The number of aldehydes is 1. The summed E-state index contributed by atoms with van der Waals surface area (Å²) >= 11 is 0. The molecule has 0 radical (unpaired) electrons. The van der Waals surface area contributed by atoms with Crippen LogP contribution in [-0.2, 0) is 16.0 Å². The maximum Gasteiger partial charge on any atom is 0.254 e. The van der Waals surface area contributed by atoms with Crippen LogP contribution >= 0.6 is 0 Å². The number of carbonyl (C=O) groups excluding carboxylic acids is 2. The van der Waals surface area contributed by atoms with Crippen LogP contribution in [0.3, 0.4) is 0 Å². The normalized spacial score (nSPS) is 15.2. The molecule has 0 fully saturated rings. The molecule has 2 atom stereocenters. The predicted molar refractivity (Wildman–Crippen MR) is 217 cm³/mol. The van der Waals surface area contributed by atoms with E-state index < -0.39 is 0 Å². The molecule has 0 saturated carbocycles. The predicted octanol–water partition coefficient (Wildman–Crippen LogP) is 12.9. The van der Waals surface area contributed by atoms with Crippen molar-refractivity contribution in [1.82, 2.24) is 4.90 Å². The third kappa shape index (κ3) is 19.6. The van der Waals surface area contributed by atoms with Gasteiger partial charge in [0, 0.05) is 31.5 Å². The Hall–Kier alpha value is -3.14. The van der Waals surface area contributed by atoms with Crippen LogP contribution in [0.1, 0.15) is 157 Å². The molecule has 3 aliphatic rings. The van der Waals surface area contributed by atoms with Gasteiger partial charge in [0.2, 0.25) is 0 Å². The molecule has 278 valence electrons. The lowest BCUT2D eigenvalue weighted by Gasteiger charge is -2.23. The van der Waals surface area contributed by atoms with Gasteiger partial charge in [-0.05, 0) is 80.1 Å². The van der Waals surface area contributed by atoms with Gasteiger partial charge in [0.05, 0.1) is 6.61 Å². The van der Waals surface area contributed by atoms with E-state index in [2.05, 4.69) is 82.5 Å². The third-order valence-electron chi connectivity index (χ3n) is 8.53. The summed E-state index contributed by atoms with van der Waals surface area (Å²) in [7, 11) is 0. The zero-order valence-corrected chi connectivity index (χ0v) is 33.7. The van der Waals surface area contributed by atoms with E-state index in [1.54, 1.807) is 6.08 Å². The van der Waals surface area contributed by atoms with Crippen LogP contribution < -0.4 is 4.74 Å². The van der Waals surface area contributed by atoms with Crippen molar-refractivity contribution in [3.05, 3.63) is 89.1 Å². The second-order valence-electron chi connectivity index (χ2n) is 12.1. The second-order valence-corrected chi connectivity index (χ2v) is 12.1. The van der Waals surface area contributed by atoms with Gasteiger partial charge in [0.15, 0.2) is 0 Å². The summed E-state index contributed by atoms with van der Waals surface area (Å²) in [5.41, 5.74) is 6.50. The number of nitrogens with zero attached hydrogens (tertiary/aromatic N) is 1. The molecule has 0 saturated heterocycles. The van der Waals surface area contributed by atoms with Crippen molar-refractivity contribution in [2.24, 2.45) is 5.92 Å². The van der Waals surface area contributed by atoms with E-state index in [0.717, 1.165) is 75.8 Å². The first-order chi connectivity index (χ1) is 23.8. The Morgan fingerprint density at radius 1 is 1.04 bits per heavy atom. The molecule has 1 aliphatic carbocycles. The first kappa shape index (κ1) is 48.0. The maximum atomic E-state index is 12.6. The molecule has 1 amide bonds. The minimum Gasteiger partial charge on any atom is -0.493 e. The number of ether oxygens (including phenoxy) is 1. The molecular formula is C45H75NO3. The van der Waals surface area contributed by atoms with E-state index in [4.69, 9.17) is 4.74 Å². The molecule has 0 N–H and O–H groups in total. The molecule has 0 bridgehead atoms. The van der Waals surface area contributed by atoms with Crippen LogP contribution in [0.4, 0.5) is 0 Å². The highest BCUT2D eigenvalue weighted by Crippen LogP contribution is 2.34. The van der Waals surface area contributed by atoms with Gasteiger partial charge in [-0.3, -0.25) is 4.79 Å². The van der Waals surface area contributed by atoms with Gasteiger partial charge in [-0.25, -0.2) is 0 Å². The van der Waals surface area contributed by atoms with Crippen LogP contribution in [0.5, 0.6) is 5.75 Å². The number of carbonyl (C=O) groups is 2. The Kier molecular flexibility index (Phi) is 31.4. The molecule has 1 aromatic carbocycles. The Morgan fingerprint density at radius 3 is 2.22 bits per heavy atom. The summed E-state index contributed by atoms with van der Waals surface area (Å²) in [6.45, 7) is 29.2. The number of rotatable bonds is 13. The molecule has 4 rings (SSSR count). The highest BCUT2D eigenvalue weighted by molar-refractivity contribution is 6.00. The molecule has 4 heteroatoms. The average molecular weight is 678 g/mol.